The van der Waals surface area contributed by atoms with Gasteiger partial charge in [0.1, 0.15) is 6.26 Å². The molecule has 88 valence electrons. The fourth-order valence-electron chi connectivity index (χ4n) is 1.51. The lowest BCUT2D eigenvalue weighted by Crippen LogP contribution is -2.25. The van der Waals surface area contributed by atoms with Crippen LogP contribution in [0.1, 0.15) is 15.9 Å². The molecule has 1 aromatic heterocycles. The molecule has 2 aromatic rings. The Morgan fingerprint density at radius 3 is 2.94 bits per heavy atom. The van der Waals surface area contributed by atoms with Gasteiger partial charge in [-0.05, 0) is 30.2 Å². The summed E-state index contributed by atoms with van der Waals surface area (Å²) in [5, 5.41) is 3.52. The van der Waals surface area contributed by atoms with Gasteiger partial charge in [0.2, 0.25) is 0 Å². The Morgan fingerprint density at radius 1 is 1.35 bits per heavy atom. The number of rotatable bonds is 4. The van der Waals surface area contributed by atoms with Gasteiger partial charge in [-0.2, -0.15) is 0 Å². The summed E-state index contributed by atoms with van der Waals surface area (Å²) in [5.74, 6) is -0.124. The average Bonchev–Trinajstić information content (AvgIpc) is 2.82. The summed E-state index contributed by atoms with van der Waals surface area (Å²) in [5.41, 5.74) is 1.64. The molecule has 0 saturated heterocycles. The van der Waals surface area contributed by atoms with E-state index >= 15 is 0 Å². The van der Waals surface area contributed by atoms with E-state index in [0.29, 0.717) is 17.1 Å². The van der Waals surface area contributed by atoms with E-state index in [1.165, 1.54) is 12.5 Å². The monoisotopic (exact) mass is 249 g/mol. The van der Waals surface area contributed by atoms with Crippen LogP contribution >= 0.6 is 11.6 Å². The number of halogens is 1. The van der Waals surface area contributed by atoms with Gasteiger partial charge in [-0.15, -0.1) is 0 Å². The molecular weight excluding hydrogens is 238 g/mol. The molecular formula is C13H12ClNO2. The SMILES string of the molecule is O=C(NCCc1cccc(Cl)c1)c1ccoc1. The highest BCUT2D eigenvalue weighted by Crippen LogP contribution is 2.10. The number of furan rings is 1. The highest BCUT2D eigenvalue weighted by Gasteiger charge is 2.05. The summed E-state index contributed by atoms with van der Waals surface area (Å²) in [6, 6.07) is 9.24. The number of benzene rings is 1. The predicted molar refractivity (Wildman–Crippen MR) is 66.2 cm³/mol. The largest absolute Gasteiger partial charge is 0.472 e. The molecule has 0 aliphatic rings. The first-order valence-electron chi connectivity index (χ1n) is 5.30. The van der Waals surface area contributed by atoms with Gasteiger partial charge in [0.05, 0.1) is 11.8 Å². The molecule has 0 radical (unpaired) electrons. The number of amides is 1. The van der Waals surface area contributed by atoms with Crippen molar-refractivity contribution >= 4 is 17.5 Å². The van der Waals surface area contributed by atoms with Crippen molar-refractivity contribution in [3.63, 3.8) is 0 Å². The Hall–Kier alpha value is -1.74. The molecule has 0 aliphatic carbocycles. The van der Waals surface area contributed by atoms with E-state index in [4.69, 9.17) is 16.0 Å². The Morgan fingerprint density at radius 2 is 2.24 bits per heavy atom. The van der Waals surface area contributed by atoms with Crippen molar-refractivity contribution in [2.24, 2.45) is 0 Å². The van der Waals surface area contributed by atoms with Crippen LogP contribution in [0.4, 0.5) is 0 Å². The molecule has 4 heteroatoms. The second-order valence-electron chi connectivity index (χ2n) is 3.65. The predicted octanol–water partition coefficient (Wildman–Crippen LogP) is 2.91. The van der Waals surface area contributed by atoms with Crippen LogP contribution in [-0.4, -0.2) is 12.5 Å². The van der Waals surface area contributed by atoms with Crippen molar-refractivity contribution in [1.29, 1.82) is 0 Å². The van der Waals surface area contributed by atoms with Gasteiger partial charge in [0.25, 0.3) is 5.91 Å². The summed E-state index contributed by atoms with van der Waals surface area (Å²) in [6.07, 6.45) is 3.66. The standard InChI is InChI=1S/C13H12ClNO2/c14-12-3-1-2-10(8-12)4-6-15-13(16)11-5-7-17-9-11/h1-3,5,7-9H,4,6H2,(H,15,16). The van der Waals surface area contributed by atoms with Crippen LogP contribution in [0.2, 0.25) is 5.02 Å². The second-order valence-corrected chi connectivity index (χ2v) is 4.08. The van der Waals surface area contributed by atoms with Gasteiger partial charge in [-0.25, -0.2) is 0 Å². The van der Waals surface area contributed by atoms with Crippen LogP contribution in [0, 0.1) is 0 Å². The third-order valence-electron chi connectivity index (χ3n) is 2.37. The lowest BCUT2D eigenvalue weighted by Gasteiger charge is -2.04. The van der Waals surface area contributed by atoms with Gasteiger partial charge in [0, 0.05) is 11.6 Å². The molecule has 1 heterocycles. The van der Waals surface area contributed by atoms with E-state index in [9.17, 15) is 4.79 Å². The molecule has 0 spiro atoms. The minimum absolute atomic E-state index is 0.124. The molecule has 3 nitrogen and oxygen atoms in total. The second kappa shape index (κ2) is 5.55. The minimum Gasteiger partial charge on any atom is -0.472 e. The summed E-state index contributed by atoms with van der Waals surface area (Å²) >= 11 is 5.87. The third kappa shape index (κ3) is 3.36. The Balaban J connectivity index is 1.82. The van der Waals surface area contributed by atoms with E-state index < -0.39 is 0 Å². The topological polar surface area (TPSA) is 42.2 Å². The zero-order valence-electron chi connectivity index (χ0n) is 9.15. The van der Waals surface area contributed by atoms with Crippen molar-refractivity contribution < 1.29 is 9.21 Å². The first kappa shape index (κ1) is 11.7. The van der Waals surface area contributed by atoms with Crippen molar-refractivity contribution in [3.8, 4) is 0 Å². The summed E-state index contributed by atoms with van der Waals surface area (Å²) < 4.78 is 4.84. The van der Waals surface area contributed by atoms with E-state index in [1.807, 2.05) is 24.3 Å². The smallest absolute Gasteiger partial charge is 0.254 e. The number of hydrogen-bond acceptors (Lipinski definition) is 2. The van der Waals surface area contributed by atoms with Crippen LogP contribution in [-0.2, 0) is 6.42 Å². The fourth-order valence-corrected chi connectivity index (χ4v) is 1.72. The lowest BCUT2D eigenvalue weighted by atomic mass is 10.1. The fraction of sp³-hybridized carbons (Fsp3) is 0.154. The number of nitrogens with one attached hydrogen (secondary N) is 1. The van der Waals surface area contributed by atoms with Crippen LogP contribution < -0.4 is 5.32 Å². The maximum absolute atomic E-state index is 11.6. The molecule has 1 aromatic carbocycles. The summed E-state index contributed by atoms with van der Waals surface area (Å²) in [7, 11) is 0. The number of hydrogen-bond donors (Lipinski definition) is 1. The van der Waals surface area contributed by atoms with Gasteiger partial charge < -0.3 is 9.73 Å². The first-order valence-corrected chi connectivity index (χ1v) is 5.68. The minimum atomic E-state index is -0.124. The number of carbonyl (C=O) groups is 1. The van der Waals surface area contributed by atoms with E-state index in [2.05, 4.69) is 5.32 Å². The zero-order chi connectivity index (χ0) is 12.1. The van der Waals surface area contributed by atoms with Crippen LogP contribution in [0.3, 0.4) is 0 Å². The lowest BCUT2D eigenvalue weighted by molar-refractivity contribution is 0.0953. The molecule has 0 atom stereocenters. The molecule has 0 unspecified atom stereocenters. The molecule has 0 saturated carbocycles. The third-order valence-corrected chi connectivity index (χ3v) is 2.61. The van der Waals surface area contributed by atoms with Gasteiger partial charge in [-0.3, -0.25) is 4.79 Å². The van der Waals surface area contributed by atoms with Crippen molar-refractivity contribution in [1.82, 2.24) is 5.32 Å². The molecule has 2 rings (SSSR count). The van der Waals surface area contributed by atoms with Crippen LogP contribution in [0.5, 0.6) is 0 Å². The van der Waals surface area contributed by atoms with E-state index in [1.54, 1.807) is 6.07 Å². The summed E-state index contributed by atoms with van der Waals surface area (Å²) in [6.45, 7) is 0.574. The zero-order valence-corrected chi connectivity index (χ0v) is 9.91. The summed E-state index contributed by atoms with van der Waals surface area (Å²) in [4.78, 5) is 11.6. The normalized spacial score (nSPS) is 10.2. The van der Waals surface area contributed by atoms with Gasteiger partial charge in [-0.1, -0.05) is 23.7 Å². The Bertz CT molecular complexity index is 494. The van der Waals surface area contributed by atoms with Crippen molar-refractivity contribution in [3.05, 3.63) is 59.0 Å². The molecule has 0 bridgehead atoms. The molecule has 17 heavy (non-hydrogen) atoms. The average molecular weight is 250 g/mol. The van der Waals surface area contributed by atoms with Gasteiger partial charge >= 0.3 is 0 Å². The number of carbonyl (C=O) groups excluding carboxylic acids is 1. The molecule has 1 amide bonds. The molecule has 0 fully saturated rings. The van der Waals surface area contributed by atoms with Crippen molar-refractivity contribution in [2.75, 3.05) is 6.54 Å². The van der Waals surface area contributed by atoms with Crippen LogP contribution in [0.15, 0.2) is 47.3 Å². The molecule has 1 N–H and O–H groups in total. The highest BCUT2D eigenvalue weighted by atomic mass is 35.5. The van der Waals surface area contributed by atoms with E-state index in [0.717, 1.165) is 12.0 Å². The maximum Gasteiger partial charge on any atom is 0.254 e. The van der Waals surface area contributed by atoms with Crippen molar-refractivity contribution in [2.45, 2.75) is 6.42 Å². The first-order chi connectivity index (χ1) is 8.25. The van der Waals surface area contributed by atoms with Gasteiger partial charge in [0.15, 0.2) is 0 Å². The van der Waals surface area contributed by atoms with E-state index in [-0.39, 0.29) is 5.91 Å². The Kier molecular flexibility index (Phi) is 3.83. The molecule has 0 aliphatic heterocycles. The Labute approximate surface area is 104 Å². The van der Waals surface area contributed by atoms with Crippen LogP contribution in [0.25, 0.3) is 0 Å². The maximum atomic E-state index is 11.6. The highest BCUT2D eigenvalue weighted by molar-refractivity contribution is 6.30. The quantitative estimate of drug-likeness (QED) is 0.905.